The van der Waals surface area contributed by atoms with Gasteiger partial charge in [-0.1, -0.05) is 48.1 Å². The van der Waals surface area contributed by atoms with Gasteiger partial charge in [0, 0.05) is 11.8 Å². The van der Waals surface area contributed by atoms with Crippen molar-refractivity contribution in [3.8, 4) is 0 Å². The molecule has 1 N–H and O–H groups in total. The minimum atomic E-state index is 0.231. The van der Waals surface area contributed by atoms with E-state index in [0.29, 0.717) is 0 Å². The highest BCUT2D eigenvalue weighted by molar-refractivity contribution is 6.05. The molecule has 0 spiro atoms. The maximum absolute atomic E-state index is 4.68. The first-order valence-electron chi connectivity index (χ1n) is 5.80. The van der Waals surface area contributed by atoms with Crippen LogP contribution in [0.25, 0.3) is 5.70 Å². The van der Waals surface area contributed by atoms with Crippen LogP contribution in [0.3, 0.4) is 0 Å². The van der Waals surface area contributed by atoms with E-state index < -0.39 is 0 Å². The third-order valence-corrected chi connectivity index (χ3v) is 3.00. The van der Waals surface area contributed by atoms with E-state index in [9.17, 15) is 0 Å². The van der Waals surface area contributed by atoms with Crippen molar-refractivity contribution >= 4 is 11.4 Å². The Bertz CT molecular complexity index is 545. The van der Waals surface area contributed by atoms with Crippen LogP contribution in [0.4, 0.5) is 0 Å². The van der Waals surface area contributed by atoms with E-state index in [1.165, 1.54) is 5.56 Å². The van der Waals surface area contributed by atoms with Crippen molar-refractivity contribution in [3.05, 3.63) is 65.9 Å². The number of hydrogen-bond acceptors (Lipinski definition) is 2. The van der Waals surface area contributed by atoms with E-state index in [1.807, 2.05) is 18.4 Å². The van der Waals surface area contributed by atoms with Crippen molar-refractivity contribution in [1.82, 2.24) is 5.32 Å². The van der Waals surface area contributed by atoms with Crippen LogP contribution in [0.15, 0.2) is 59.8 Å². The summed E-state index contributed by atoms with van der Waals surface area (Å²) in [6.45, 7) is 2.09. The van der Waals surface area contributed by atoms with Gasteiger partial charge in [0.2, 0.25) is 0 Å². The number of aliphatic imine (C=N–C) groups is 1. The molecule has 17 heavy (non-hydrogen) atoms. The molecule has 0 fully saturated rings. The monoisotopic (exact) mass is 222 g/mol. The molecule has 1 atom stereocenters. The molecule has 1 aromatic carbocycles. The molecule has 0 radical (unpaired) electrons. The third kappa shape index (κ3) is 1.94. The summed E-state index contributed by atoms with van der Waals surface area (Å²) in [4.78, 5) is 4.68. The first-order chi connectivity index (χ1) is 8.33. The van der Waals surface area contributed by atoms with Gasteiger partial charge < -0.3 is 5.32 Å². The fourth-order valence-electron chi connectivity index (χ4n) is 1.99. The summed E-state index contributed by atoms with van der Waals surface area (Å²) < 4.78 is 0. The van der Waals surface area contributed by atoms with E-state index in [2.05, 4.69) is 53.7 Å². The van der Waals surface area contributed by atoms with Crippen molar-refractivity contribution in [2.45, 2.75) is 13.0 Å². The molecule has 2 heteroatoms. The molecule has 84 valence electrons. The Morgan fingerprint density at radius 1 is 1.12 bits per heavy atom. The third-order valence-electron chi connectivity index (χ3n) is 3.00. The van der Waals surface area contributed by atoms with E-state index >= 15 is 0 Å². The first-order valence-corrected chi connectivity index (χ1v) is 5.80. The molecule has 2 nitrogen and oxygen atoms in total. The van der Waals surface area contributed by atoms with Crippen LogP contribution in [0.1, 0.15) is 11.1 Å². The van der Waals surface area contributed by atoms with E-state index in [-0.39, 0.29) is 6.04 Å². The SMILES string of the molecule is Cc1ccc(C2=CNC3C=CC=CC3=N2)cc1. The molecule has 0 saturated carbocycles. The van der Waals surface area contributed by atoms with Crippen LogP contribution in [-0.2, 0) is 0 Å². The highest BCUT2D eigenvalue weighted by Crippen LogP contribution is 2.20. The van der Waals surface area contributed by atoms with Crippen molar-refractivity contribution in [2.75, 3.05) is 0 Å². The quantitative estimate of drug-likeness (QED) is 0.776. The second-order valence-corrected chi connectivity index (χ2v) is 4.32. The lowest BCUT2D eigenvalue weighted by atomic mass is 10.0. The summed E-state index contributed by atoms with van der Waals surface area (Å²) in [5.41, 5.74) is 4.49. The van der Waals surface area contributed by atoms with E-state index in [1.54, 1.807) is 0 Å². The first kappa shape index (κ1) is 10.1. The average molecular weight is 222 g/mol. The zero-order valence-electron chi connectivity index (χ0n) is 9.72. The predicted octanol–water partition coefficient (Wildman–Crippen LogP) is 2.83. The molecule has 1 unspecified atom stereocenters. The van der Waals surface area contributed by atoms with Crippen LogP contribution < -0.4 is 5.32 Å². The van der Waals surface area contributed by atoms with Crippen molar-refractivity contribution in [3.63, 3.8) is 0 Å². The van der Waals surface area contributed by atoms with Gasteiger partial charge in [-0.15, -0.1) is 0 Å². The fraction of sp³-hybridized carbons (Fsp3) is 0.133. The molecular formula is C15H14N2. The van der Waals surface area contributed by atoms with Gasteiger partial charge in [-0.25, -0.2) is 4.99 Å². The van der Waals surface area contributed by atoms with Crippen LogP contribution in [0, 0.1) is 6.92 Å². The van der Waals surface area contributed by atoms with E-state index in [4.69, 9.17) is 0 Å². The topological polar surface area (TPSA) is 24.4 Å². The molecule has 0 bridgehead atoms. The zero-order chi connectivity index (χ0) is 11.7. The maximum atomic E-state index is 4.68. The Morgan fingerprint density at radius 2 is 1.94 bits per heavy atom. The summed E-state index contributed by atoms with van der Waals surface area (Å²) in [5, 5.41) is 3.35. The highest BCUT2D eigenvalue weighted by Gasteiger charge is 2.16. The zero-order valence-corrected chi connectivity index (χ0v) is 9.72. The molecule has 0 amide bonds. The van der Waals surface area contributed by atoms with Gasteiger partial charge in [0.25, 0.3) is 0 Å². The molecule has 0 saturated heterocycles. The second kappa shape index (κ2) is 4.06. The minimum Gasteiger partial charge on any atom is -0.377 e. The lowest BCUT2D eigenvalue weighted by molar-refractivity contribution is 0.862. The summed E-state index contributed by atoms with van der Waals surface area (Å²) in [5.74, 6) is 0. The smallest absolute Gasteiger partial charge is 0.0869 e. The average Bonchev–Trinajstić information content (AvgIpc) is 2.39. The molecule has 0 aromatic heterocycles. The molecular weight excluding hydrogens is 208 g/mol. The number of fused-ring (bicyclic) bond motifs is 1. The highest BCUT2D eigenvalue weighted by atomic mass is 15.0. The largest absolute Gasteiger partial charge is 0.377 e. The maximum Gasteiger partial charge on any atom is 0.0869 e. The number of nitrogens with one attached hydrogen (secondary N) is 1. The molecule has 1 heterocycles. The molecule has 1 aliphatic carbocycles. The molecule has 1 aromatic rings. The van der Waals surface area contributed by atoms with Gasteiger partial charge in [0.15, 0.2) is 0 Å². The summed E-state index contributed by atoms with van der Waals surface area (Å²) in [6.07, 6.45) is 10.2. The Kier molecular flexibility index (Phi) is 2.41. The van der Waals surface area contributed by atoms with Gasteiger partial charge in [-0.3, -0.25) is 0 Å². The predicted molar refractivity (Wildman–Crippen MR) is 71.8 cm³/mol. The Morgan fingerprint density at radius 3 is 2.76 bits per heavy atom. The Labute approximate surface area is 101 Å². The second-order valence-electron chi connectivity index (χ2n) is 4.32. The fourth-order valence-corrected chi connectivity index (χ4v) is 1.99. The molecule has 3 rings (SSSR count). The lowest BCUT2D eigenvalue weighted by Gasteiger charge is -2.21. The summed E-state index contributed by atoms with van der Waals surface area (Å²) in [6, 6.07) is 8.66. The van der Waals surface area contributed by atoms with Gasteiger partial charge in [0.1, 0.15) is 0 Å². The van der Waals surface area contributed by atoms with Gasteiger partial charge in [-0.05, 0) is 13.0 Å². The normalized spacial score (nSPS) is 21.4. The van der Waals surface area contributed by atoms with Gasteiger partial charge in [-0.2, -0.15) is 0 Å². The summed E-state index contributed by atoms with van der Waals surface area (Å²) >= 11 is 0. The number of hydrogen-bond donors (Lipinski definition) is 1. The molecule has 2 aliphatic rings. The number of aryl methyl sites for hydroxylation is 1. The standard InChI is InChI=1S/C15H14N2/c1-11-6-8-12(9-7-11)15-10-16-13-4-2-3-5-14(13)17-15/h2-10,13,16H,1H3. The van der Waals surface area contributed by atoms with Gasteiger partial charge in [0.05, 0.1) is 17.5 Å². The van der Waals surface area contributed by atoms with Crippen molar-refractivity contribution in [1.29, 1.82) is 0 Å². The Hall–Kier alpha value is -2.09. The van der Waals surface area contributed by atoms with Crippen LogP contribution in [-0.4, -0.2) is 11.8 Å². The van der Waals surface area contributed by atoms with Crippen LogP contribution >= 0.6 is 0 Å². The van der Waals surface area contributed by atoms with Gasteiger partial charge >= 0.3 is 0 Å². The number of benzene rings is 1. The van der Waals surface area contributed by atoms with Crippen LogP contribution in [0.2, 0.25) is 0 Å². The van der Waals surface area contributed by atoms with E-state index in [0.717, 1.165) is 17.0 Å². The Balaban J connectivity index is 1.94. The number of allylic oxidation sites excluding steroid dienone is 2. The number of nitrogens with zero attached hydrogens (tertiary/aromatic N) is 1. The lowest BCUT2D eigenvalue weighted by Crippen LogP contribution is -2.34. The van der Waals surface area contributed by atoms with Crippen molar-refractivity contribution in [2.24, 2.45) is 4.99 Å². The van der Waals surface area contributed by atoms with Crippen molar-refractivity contribution < 1.29 is 0 Å². The number of rotatable bonds is 1. The summed E-state index contributed by atoms with van der Waals surface area (Å²) in [7, 11) is 0. The minimum absolute atomic E-state index is 0.231. The van der Waals surface area contributed by atoms with Crippen LogP contribution in [0.5, 0.6) is 0 Å². The molecule has 1 aliphatic heterocycles.